The smallest absolute Gasteiger partial charge is 0.226 e. The van der Waals surface area contributed by atoms with E-state index in [9.17, 15) is 9.18 Å². The molecule has 6 heteroatoms. The van der Waals surface area contributed by atoms with Crippen LogP contribution in [-0.4, -0.2) is 36.5 Å². The normalized spacial score (nSPS) is 21.0. The molecule has 2 atom stereocenters. The van der Waals surface area contributed by atoms with Crippen molar-refractivity contribution in [2.24, 2.45) is 11.7 Å². The van der Waals surface area contributed by atoms with Crippen molar-refractivity contribution in [3.05, 3.63) is 30.1 Å². The molecule has 1 heterocycles. The maximum Gasteiger partial charge on any atom is 0.226 e. The third-order valence-electron chi connectivity index (χ3n) is 3.71. The summed E-state index contributed by atoms with van der Waals surface area (Å²) in [6.07, 6.45) is 1.31. The number of carbonyl (C=O) groups excluding carboxylic acids is 1. The molecular formula is C15H22ClFN2O2. The van der Waals surface area contributed by atoms with Crippen molar-refractivity contribution in [1.29, 1.82) is 0 Å². The highest BCUT2D eigenvalue weighted by atomic mass is 35.5. The predicted molar refractivity (Wildman–Crippen MR) is 82.1 cm³/mol. The predicted octanol–water partition coefficient (Wildman–Crippen LogP) is 2.21. The van der Waals surface area contributed by atoms with Gasteiger partial charge in [0.1, 0.15) is 11.6 Å². The van der Waals surface area contributed by atoms with Crippen molar-refractivity contribution in [2.75, 3.05) is 19.7 Å². The number of hydrogen-bond acceptors (Lipinski definition) is 3. The molecule has 0 bridgehead atoms. The zero-order valence-corrected chi connectivity index (χ0v) is 12.9. The second-order valence-electron chi connectivity index (χ2n) is 5.28. The van der Waals surface area contributed by atoms with E-state index in [1.807, 2.05) is 11.8 Å². The molecule has 2 N–H and O–H groups in total. The van der Waals surface area contributed by atoms with Crippen LogP contribution in [0.2, 0.25) is 0 Å². The standard InChI is InChI=1S/C15H21FN2O2.ClH/c1-11-8-12(9-17)10-18(11)15(19)6-7-20-14-4-2-13(16)3-5-14;/h2-5,11-12H,6-10,17H2,1H3;1H. The number of nitrogens with two attached hydrogens (primary N) is 1. The summed E-state index contributed by atoms with van der Waals surface area (Å²) in [7, 11) is 0. The van der Waals surface area contributed by atoms with Gasteiger partial charge in [-0.15, -0.1) is 12.4 Å². The van der Waals surface area contributed by atoms with Crippen LogP contribution in [0.4, 0.5) is 4.39 Å². The fourth-order valence-corrected chi connectivity index (χ4v) is 2.59. The summed E-state index contributed by atoms with van der Waals surface area (Å²) in [4.78, 5) is 14.0. The minimum atomic E-state index is -0.299. The van der Waals surface area contributed by atoms with Crippen LogP contribution in [0.15, 0.2) is 24.3 Å². The number of halogens is 2. The summed E-state index contributed by atoms with van der Waals surface area (Å²) in [6.45, 7) is 3.72. The first kappa shape index (κ1) is 17.7. The number of benzene rings is 1. The Morgan fingerprint density at radius 3 is 2.67 bits per heavy atom. The van der Waals surface area contributed by atoms with E-state index >= 15 is 0 Å². The Hall–Kier alpha value is -1.33. The van der Waals surface area contributed by atoms with Gasteiger partial charge in [-0.1, -0.05) is 0 Å². The van der Waals surface area contributed by atoms with E-state index < -0.39 is 0 Å². The number of likely N-dealkylation sites (tertiary alicyclic amines) is 1. The van der Waals surface area contributed by atoms with Gasteiger partial charge in [0, 0.05) is 12.6 Å². The Morgan fingerprint density at radius 1 is 1.43 bits per heavy atom. The highest BCUT2D eigenvalue weighted by Gasteiger charge is 2.31. The van der Waals surface area contributed by atoms with Gasteiger partial charge >= 0.3 is 0 Å². The molecule has 1 aliphatic rings. The topological polar surface area (TPSA) is 55.6 Å². The van der Waals surface area contributed by atoms with Gasteiger partial charge in [0.2, 0.25) is 5.91 Å². The van der Waals surface area contributed by atoms with Gasteiger partial charge in [-0.2, -0.15) is 0 Å². The Morgan fingerprint density at radius 2 is 2.10 bits per heavy atom. The molecule has 21 heavy (non-hydrogen) atoms. The lowest BCUT2D eigenvalue weighted by atomic mass is 10.1. The summed E-state index contributed by atoms with van der Waals surface area (Å²) in [6, 6.07) is 6.05. The summed E-state index contributed by atoms with van der Waals surface area (Å²) < 4.78 is 18.2. The van der Waals surface area contributed by atoms with Crippen LogP contribution in [0.3, 0.4) is 0 Å². The third-order valence-corrected chi connectivity index (χ3v) is 3.71. The molecule has 2 rings (SSSR count). The van der Waals surface area contributed by atoms with Crippen molar-refractivity contribution in [3.8, 4) is 5.75 Å². The molecule has 1 aromatic rings. The van der Waals surface area contributed by atoms with E-state index in [1.54, 1.807) is 12.1 Å². The molecule has 1 saturated heterocycles. The zero-order chi connectivity index (χ0) is 14.5. The number of carbonyl (C=O) groups is 1. The summed E-state index contributed by atoms with van der Waals surface area (Å²) in [5, 5.41) is 0. The average molecular weight is 317 g/mol. The summed E-state index contributed by atoms with van der Waals surface area (Å²) in [5.41, 5.74) is 5.65. The van der Waals surface area contributed by atoms with Gasteiger partial charge in [-0.3, -0.25) is 4.79 Å². The second kappa shape index (κ2) is 8.20. The van der Waals surface area contributed by atoms with Gasteiger partial charge in [0.25, 0.3) is 0 Å². The molecule has 0 saturated carbocycles. The molecule has 1 aliphatic heterocycles. The van der Waals surface area contributed by atoms with Crippen LogP contribution in [0.5, 0.6) is 5.75 Å². The van der Waals surface area contributed by atoms with Crippen LogP contribution >= 0.6 is 12.4 Å². The highest BCUT2D eigenvalue weighted by Crippen LogP contribution is 2.22. The SMILES string of the molecule is CC1CC(CN)CN1C(=O)CCOc1ccc(F)cc1.Cl. The number of nitrogens with zero attached hydrogens (tertiary/aromatic N) is 1. The maximum absolute atomic E-state index is 12.7. The van der Waals surface area contributed by atoms with Gasteiger partial charge < -0.3 is 15.4 Å². The number of rotatable bonds is 5. The zero-order valence-electron chi connectivity index (χ0n) is 12.1. The lowest BCUT2D eigenvalue weighted by Crippen LogP contribution is -2.35. The molecule has 0 aromatic heterocycles. The van der Waals surface area contributed by atoms with E-state index in [1.165, 1.54) is 12.1 Å². The average Bonchev–Trinajstić information content (AvgIpc) is 2.82. The molecule has 0 aliphatic carbocycles. The third kappa shape index (κ3) is 4.86. The van der Waals surface area contributed by atoms with Crippen molar-refractivity contribution >= 4 is 18.3 Å². The highest BCUT2D eigenvalue weighted by molar-refractivity contribution is 5.85. The number of amides is 1. The monoisotopic (exact) mass is 316 g/mol. The first-order chi connectivity index (χ1) is 9.60. The van der Waals surface area contributed by atoms with Crippen molar-refractivity contribution < 1.29 is 13.9 Å². The molecule has 0 spiro atoms. The van der Waals surface area contributed by atoms with E-state index in [4.69, 9.17) is 10.5 Å². The molecule has 1 amide bonds. The number of hydrogen-bond donors (Lipinski definition) is 1. The van der Waals surface area contributed by atoms with E-state index in [2.05, 4.69) is 0 Å². The number of ether oxygens (including phenoxy) is 1. The first-order valence-electron chi connectivity index (χ1n) is 6.98. The quantitative estimate of drug-likeness (QED) is 0.906. The van der Waals surface area contributed by atoms with E-state index in [0.717, 1.165) is 13.0 Å². The van der Waals surface area contributed by atoms with Crippen LogP contribution in [-0.2, 0) is 4.79 Å². The summed E-state index contributed by atoms with van der Waals surface area (Å²) >= 11 is 0. The minimum Gasteiger partial charge on any atom is -0.493 e. The molecule has 0 radical (unpaired) electrons. The first-order valence-corrected chi connectivity index (χ1v) is 6.98. The van der Waals surface area contributed by atoms with Gasteiger partial charge in [0.05, 0.1) is 13.0 Å². The second-order valence-corrected chi connectivity index (χ2v) is 5.28. The Kier molecular flexibility index (Phi) is 6.92. The van der Waals surface area contributed by atoms with Crippen LogP contribution in [0.25, 0.3) is 0 Å². The molecule has 118 valence electrons. The molecule has 2 unspecified atom stereocenters. The van der Waals surface area contributed by atoms with Gasteiger partial charge in [-0.25, -0.2) is 4.39 Å². The molecule has 1 fully saturated rings. The van der Waals surface area contributed by atoms with E-state index in [-0.39, 0.29) is 30.2 Å². The largest absolute Gasteiger partial charge is 0.493 e. The van der Waals surface area contributed by atoms with Crippen LogP contribution in [0.1, 0.15) is 19.8 Å². The molecule has 4 nitrogen and oxygen atoms in total. The molecular weight excluding hydrogens is 295 g/mol. The van der Waals surface area contributed by atoms with E-state index in [0.29, 0.717) is 31.2 Å². The van der Waals surface area contributed by atoms with Gasteiger partial charge in [0.15, 0.2) is 0 Å². The van der Waals surface area contributed by atoms with Gasteiger partial charge in [-0.05, 0) is 50.1 Å². The van der Waals surface area contributed by atoms with Crippen molar-refractivity contribution in [2.45, 2.75) is 25.8 Å². The Labute approximate surface area is 130 Å². The summed E-state index contributed by atoms with van der Waals surface area (Å²) in [5.74, 6) is 0.781. The lowest BCUT2D eigenvalue weighted by Gasteiger charge is -2.21. The van der Waals surface area contributed by atoms with Crippen LogP contribution in [0, 0.1) is 11.7 Å². The van der Waals surface area contributed by atoms with Crippen molar-refractivity contribution in [3.63, 3.8) is 0 Å². The van der Waals surface area contributed by atoms with Crippen LogP contribution < -0.4 is 10.5 Å². The van der Waals surface area contributed by atoms with Crippen molar-refractivity contribution in [1.82, 2.24) is 4.90 Å². The maximum atomic E-state index is 12.7. The Bertz CT molecular complexity index is 455. The fourth-order valence-electron chi connectivity index (χ4n) is 2.59. The fraction of sp³-hybridized carbons (Fsp3) is 0.533. The Balaban J connectivity index is 0.00000220. The molecule has 1 aromatic carbocycles. The minimum absolute atomic E-state index is 0. The lowest BCUT2D eigenvalue weighted by molar-refractivity contribution is -0.132.